The molecular formula is C8H15IO. The van der Waals surface area contributed by atoms with E-state index in [1.165, 1.54) is 25.7 Å². The van der Waals surface area contributed by atoms with Crippen LogP contribution in [-0.4, -0.2) is 3.79 Å². The SMILES string of the molecule is CCCCCCCC(=O)I. The van der Waals surface area contributed by atoms with Crippen molar-refractivity contribution in [2.75, 3.05) is 0 Å². The first kappa shape index (κ1) is 10.4. The van der Waals surface area contributed by atoms with Crippen LogP contribution in [0.1, 0.15) is 45.4 Å². The Morgan fingerprint density at radius 1 is 1.20 bits per heavy atom. The zero-order chi connectivity index (χ0) is 7.82. The van der Waals surface area contributed by atoms with E-state index in [9.17, 15) is 4.79 Å². The molecule has 60 valence electrons. The summed E-state index contributed by atoms with van der Waals surface area (Å²) < 4.78 is 0.300. The van der Waals surface area contributed by atoms with Gasteiger partial charge in [0.2, 0.25) is 0 Å². The smallest absolute Gasteiger partial charge is 0.192 e. The molecule has 0 aliphatic carbocycles. The van der Waals surface area contributed by atoms with Crippen molar-refractivity contribution in [3.05, 3.63) is 0 Å². The van der Waals surface area contributed by atoms with Crippen LogP contribution in [0, 0.1) is 0 Å². The molecule has 0 spiro atoms. The number of halogens is 1. The van der Waals surface area contributed by atoms with Gasteiger partial charge in [0.25, 0.3) is 0 Å². The molecule has 1 nitrogen and oxygen atoms in total. The average Bonchev–Trinajstić information content (AvgIpc) is 1.87. The molecule has 0 unspecified atom stereocenters. The van der Waals surface area contributed by atoms with Crippen molar-refractivity contribution in [1.82, 2.24) is 0 Å². The van der Waals surface area contributed by atoms with Crippen LogP contribution in [0.25, 0.3) is 0 Å². The summed E-state index contributed by atoms with van der Waals surface area (Å²) in [5.74, 6) is 0. The van der Waals surface area contributed by atoms with Crippen molar-refractivity contribution in [2.45, 2.75) is 45.4 Å². The highest BCUT2D eigenvalue weighted by Crippen LogP contribution is 2.06. The normalized spacial score (nSPS) is 9.80. The first-order valence-electron chi connectivity index (χ1n) is 3.95. The molecule has 0 saturated heterocycles. The first-order chi connectivity index (χ1) is 4.77. The minimum Gasteiger partial charge on any atom is -0.288 e. The van der Waals surface area contributed by atoms with Gasteiger partial charge in [-0.2, -0.15) is 0 Å². The number of hydrogen-bond donors (Lipinski definition) is 0. The lowest BCUT2D eigenvalue weighted by molar-refractivity contribution is -0.109. The molecule has 0 heterocycles. The number of unbranched alkanes of at least 4 members (excludes halogenated alkanes) is 4. The Balaban J connectivity index is 2.84. The monoisotopic (exact) mass is 254 g/mol. The van der Waals surface area contributed by atoms with Gasteiger partial charge in [0, 0.05) is 6.42 Å². The van der Waals surface area contributed by atoms with Crippen LogP contribution in [0.15, 0.2) is 0 Å². The molecule has 0 aliphatic heterocycles. The molecule has 0 aromatic heterocycles. The quantitative estimate of drug-likeness (QED) is 0.403. The molecule has 0 N–H and O–H groups in total. The Labute approximate surface area is 76.7 Å². The molecule has 0 aromatic rings. The first-order valence-corrected chi connectivity index (χ1v) is 5.03. The summed E-state index contributed by atoms with van der Waals surface area (Å²) in [6.07, 6.45) is 6.96. The highest BCUT2D eigenvalue weighted by atomic mass is 127. The van der Waals surface area contributed by atoms with Crippen LogP contribution < -0.4 is 0 Å². The molecule has 0 saturated carbocycles. The molecule has 0 aliphatic rings. The van der Waals surface area contributed by atoms with Gasteiger partial charge in [0.1, 0.15) is 0 Å². The summed E-state index contributed by atoms with van der Waals surface area (Å²) in [5, 5.41) is 0. The maximum absolute atomic E-state index is 10.5. The van der Waals surface area contributed by atoms with Gasteiger partial charge in [0.15, 0.2) is 3.79 Å². The van der Waals surface area contributed by atoms with Gasteiger partial charge in [-0.3, -0.25) is 4.79 Å². The third kappa shape index (κ3) is 8.40. The van der Waals surface area contributed by atoms with Crippen LogP contribution in [0.2, 0.25) is 0 Å². The molecular weight excluding hydrogens is 239 g/mol. The Hall–Kier alpha value is 0.400. The van der Waals surface area contributed by atoms with E-state index in [0.717, 1.165) is 12.8 Å². The lowest BCUT2D eigenvalue weighted by atomic mass is 10.1. The minimum absolute atomic E-state index is 0.300. The number of hydrogen-bond acceptors (Lipinski definition) is 1. The standard InChI is InChI=1S/C8H15IO/c1-2-3-4-5-6-7-8(9)10/h2-7H2,1H3. The molecule has 0 amide bonds. The van der Waals surface area contributed by atoms with E-state index >= 15 is 0 Å². The van der Waals surface area contributed by atoms with Gasteiger partial charge < -0.3 is 0 Å². The Bertz CT molecular complexity index is 91.3. The highest BCUT2D eigenvalue weighted by Gasteiger charge is 1.93. The van der Waals surface area contributed by atoms with Crippen molar-refractivity contribution in [3.63, 3.8) is 0 Å². The molecule has 2 heteroatoms. The van der Waals surface area contributed by atoms with E-state index in [4.69, 9.17) is 0 Å². The summed E-state index contributed by atoms with van der Waals surface area (Å²) in [5.41, 5.74) is 0. The summed E-state index contributed by atoms with van der Waals surface area (Å²) >= 11 is 1.86. The van der Waals surface area contributed by atoms with E-state index in [0.29, 0.717) is 3.79 Å². The van der Waals surface area contributed by atoms with Gasteiger partial charge in [-0.25, -0.2) is 0 Å². The predicted molar refractivity (Wildman–Crippen MR) is 52.4 cm³/mol. The molecule has 0 rings (SSSR count). The third-order valence-corrected chi connectivity index (χ3v) is 2.02. The van der Waals surface area contributed by atoms with Crippen LogP contribution in [0.4, 0.5) is 0 Å². The number of carbonyl (C=O) groups excluding carboxylic acids is 1. The third-order valence-electron chi connectivity index (χ3n) is 1.48. The predicted octanol–water partition coefficient (Wildman–Crippen LogP) is 3.31. The minimum atomic E-state index is 0.300. The number of rotatable bonds is 6. The van der Waals surface area contributed by atoms with Crippen LogP contribution in [-0.2, 0) is 4.79 Å². The Kier molecular flexibility index (Phi) is 7.81. The van der Waals surface area contributed by atoms with Crippen molar-refractivity contribution in [2.24, 2.45) is 0 Å². The van der Waals surface area contributed by atoms with E-state index in [-0.39, 0.29) is 0 Å². The lowest BCUT2D eigenvalue weighted by Crippen LogP contribution is -1.84. The van der Waals surface area contributed by atoms with Crippen molar-refractivity contribution in [3.8, 4) is 0 Å². The van der Waals surface area contributed by atoms with Gasteiger partial charge in [0.05, 0.1) is 0 Å². The summed E-state index contributed by atoms with van der Waals surface area (Å²) in [4.78, 5) is 10.5. The fraction of sp³-hybridized carbons (Fsp3) is 0.875. The summed E-state index contributed by atoms with van der Waals surface area (Å²) in [7, 11) is 0. The van der Waals surface area contributed by atoms with Crippen molar-refractivity contribution < 1.29 is 4.79 Å². The van der Waals surface area contributed by atoms with Crippen LogP contribution in [0.5, 0.6) is 0 Å². The van der Waals surface area contributed by atoms with Gasteiger partial charge in [-0.15, -0.1) is 0 Å². The van der Waals surface area contributed by atoms with E-state index in [2.05, 4.69) is 6.92 Å². The molecule has 0 radical (unpaired) electrons. The van der Waals surface area contributed by atoms with Crippen molar-refractivity contribution >= 4 is 26.4 Å². The highest BCUT2D eigenvalue weighted by molar-refractivity contribution is 14.1. The fourth-order valence-corrected chi connectivity index (χ4v) is 1.25. The van der Waals surface area contributed by atoms with Crippen LogP contribution >= 0.6 is 22.6 Å². The van der Waals surface area contributed by atoms with Crippen molar-refractivity contribution in [1.29, 1.82) is 0 Å². The average molecular weight is 254 g/mol. The molecule has 0 aromatic carbocycles. The molecule has 0 fully saturated rings. The zero-order valence-corrected chi connectivity index (χ0v) is 8.69. The fourth-order valence-electron chi connectivity index (χ4n) is 0.868. The van der Waals surface area contributed by atoms with Crippen LogP contribution in [0.3, 0.4) is 0 Å². The summed E-state index contributed by atoms with van der Waals surface area (Å²) in [6.45, 7) is 2.20. The van der Waals surface area contributed by atoms with E-state index < -0.39 is 0 Å². The number of carbonyl (C=O) groups is 1. The second kappa shape index (κ2) is 7.51. The topological polar surface area (TPSA) is 17.1 Å². The molecule has 0 atom stereocenters. The van der Waals surface area contributed by atoms with Gasteiger partial charge in [-0.05, 0) is 29.0 Å². The summed E-state index contributed by atoms with van der Waals surface area (Å²) in [6, 6.07) is 0. The Morgan fingerprint density at radius 2 is 1.80 bits per heavy atom. The molecule has 10 heavy (non-hydrogen) atoms. The van der Waals surface area contributed by atoms with Gasteiger partial charge in [-0.1, -0.05) is 32.6 Å². The zero-order valence-electron chi connectivity index (χ0n) is 6.53. The van der Waals surface area contributed by atoms with Gasteiger partial charge >= 0.3 is 0 Å². The van der Waals surface area contributed by atoms with E-state index in [1.807, 2.05) is 22.6 Å². The lowest BCUT2D eigenvalue weighted by Gasteiger charge is -1.95. The Morgan fingerprint density at radius 3 is 2.30 bits per heavy atom. The largest absolute Gasteiger partial charge is 0.288 e. The van der Waals surface area contributed by atoms with E-state index in [1.54, 1.807) is 0 Å². The maximum Gasteiger partial charge on any atom is 0.192 e. The second-order valence-corrected chi connectivity index (χ2v) is 3.72. The maximum atomic E-state index is 10.5. The molecule has 0 bridgehead atoms. The second-order valence-electron chi connectivity index (χ2n) is 2.52.